The Balaban J connectivity index is 2.33. The maximum atomic E-state index is 6.09. The molecule has 0 N–H and O–H groups in total. The van der Waals surface area contributed by atoms with Crippen LogP contribution in [0.25, 0.3) is 0 Å². The predicted octanol–water partition coefficient (Wildman–Crippen LogP) is 3.05. The number of nitrogens with zero attached hydrogens (tertiary/aromatic N) is 2. The highest BCUT2D eigenvalue weighted by Crippen LogP contribution is 2.34. The van der Waals surface area contributed by atoms with Crippen LogP contribution in [0.5, 0.6) is 0 Å². The van der Waals surface area contributed by atoms with E-state index in [1.165, 1.54) is 18.4 Å². The Morgan fingerprint density at radius 3 is 2.72 bits per heavy atom. The number of alkyl halides is 1. The molecular weight excluding hydrogens is 248 g/mol. The summed E-state index contributed by atoms with van der Waals surface area (Å²) in [6.45, 7) is 5.76. The first-order chi connectivity index (χ1) is 8.67. The first kappa shape index (κ1) is 13.6. The summed E-state index contributed by atoms with van der Waals surface area (Å²) in [5.41, 5.74) is 3.44. The Kier molecular flexibility index (Phi) is 4.46. The number of anilines is 1. The van der Waals surface area contributed by atoms with Crippen LogP contribution in [0.1, 0.15) is 29.7 Å². The molecule has 1 aromatic rings. The highest BCUT2D eigenvalue weighted by molar-refractivity contribution is 6.17. The van der Waals surface area contributed by atoms with Gasteiger partial charge in [0.15, 0.2) is 0 Å². The van der Waals surface area contributed by atoms with E-state index in [4.69, 9.17) is 21.3 Å². The summed E-state index contributed by atoms with van der Waals surface area (Å²) in [4.78, 5) is 7.07. The van der Waals surface area contributed by atoms with E-state index in [-0.39, 0.29) is 0 Å². The summed E-state index contributed by atoms with van der Waals surface area (Å²) in [7, 11) is 1.74. The molecule has 0 saturated heterocycles. The molecule has 3 nitrogen and oxygen atoms in total. The number of pyridine rings is 1. The van der Waals surface area contributed by atoms with E-state index in [0.717, 1.165) is 30.2 Å². The quantitative estimate of drug-likeness (QED) is 0.742. The van der Waals surface area contributed by atoms with Gasteiger partial charge in [-0.25, -0.2) is 4.98 Å². The minimum absolute atomic E-state index is 0.519. The second-order valence-corrected chi connectivity index (χ2v) is 5.20. The van der Waals surface area contributed by atoms with Gasteiger partial charge >= 0.3 is 0 Å². The molecule has 0 bridgehead atoms. The van der Waals surface area contributed by atoms with Crippen molar-refractivity contribution in [1.82, 2.24) is 4.98 Å². The number of aromatic nitrogens is 1. The summed E-state index contributed by atoms with van der Waals surface area (Å²) in [5, 5.41) is 0. The van der Waals surface area contributed by atoms with Crippen LogP contribution in [-0.4, -0.2) is 31.3 Å². The van der Waals surface area contributed by atoms with Gasteiger partial charge in [0.2, 0.25) is 0 Å². The van der Waals surface area contributed by atoms with Gasteiger partial charge in [0.1, 0.15) is 5.82 Å². The normalized spacial score (nSPS) is 14.9. The molecule has 4 heteroatoms. The summed E-state index contributed by atoms with van der Waals surface area (Å²) < 4.78 is 5.20. The number of hydrogen-bond acceptors (Lipinski definition) is 3. The molecule has 1 aromatic heterocycles. The highest BCUT2D eigenvalue weighted by Gasteiger charge is 2.31. The van der Waals surface area contributed by atoms with Gasteiger partial charge in [-0.2, -0.15) is 0 Å². The number of methoxy groups -OCH3 is 1. The van der Waals surface area contributed by atoms with Crippen molar-refractivity contribution >= 4 is 17.4 Å². The van der Waals surface area contributed by atoms with Gasteiger partial charge in [-0.3, -0.25) is 0 Å². The maximum absolute atomic E-state index is 6.09. The Bertz CT molecular complexity index is 419. The lowest BCUT2D eigenvalue weighted by Gasteiger charge is -2.26. The van der Waals surface area contributed by atoms with Crippen LogP contribution in [0.15, 0.2) is 6.07 Å². The van der Waals surface area contributed by atoms with E-state index in [1.54, 1.807) is 7.11 Å². The molecule has 18 heavy (non-hydrogen) atoms. The van der Waals surface area contributed by atoms with Gasteiger partial charge in [-0.05, 0) is 38.3 Å². The predicted molar refractivity (Wildman–Crippen MR) is 75.5 cm³/mol. The summed E-state index contributed by atoms with van der Waals surface area (Å²) in [6, 6.07) is 2.72. The number of ether oxygens (including phenoxy) is 1. The SMILES string of the molecule is COCCN(c1nc(C)cc(C)c1CCl)C1CC1. The van der Waals surface area contributed by atoms with Gasteiger partial charge in [0.25, 0.3) is 0 Å². The van der Waals surface area contributed by atoms with Crippen molar-refractivity contribution in [2.45, 2.75) is 38.6 Å². The van der Waals surface area contributed by atoms with Crippen LogP contribution in [0.3, 0.4) is 0 Å². The molecule has 1 aliphatic carbocycles. The zero-order chi connectivity index (χ0) is 13.1. The molecule has 0 spiro atoms. The van der Waals surface area contributed by atoms with Crippen molar-refractivity contribution in [2.75, 3.05) is 25.2 Å². The maximum Gasteiger partial charge on any atom is 0.133 e. The number of hydrogen-bond donors (Lipinski definition) is 0. The minimum atomic E-state index is 0.519. The third-order valence-corrected chi connectivity index (χ3v) is 3.65. The Hall–Kier alpha value is -0.800. The monoisotopic (exact) mass is 268 g/mol. The fraction of sp³-hybridized carbons (Fsp3) is 0.643. The van der Waals surface area contributed by atoms with Gasteiger partial charge in [-0.1, -0.05) is 0 Å². The van der Waals surface area contributed by atoms with Crippen molar-refractivity contribution in [1.29, 1.82) is 0 Å². The molecule has 0 aromatic carbocycles. The molecule has 100 valence electrons. The lowest BCUT2D eigenvalue weighted by molar-refractivity contribution is 0.204. The van der Waals surface area contributed by atoms with E-state index in [9.17, 15) is 0 Å². The summed E-state index contributed by atoms with van der Waals surface area (Å²) in [6.07, 6.45) is 2.50. The summed E-state index contributed by atoms with van der Waals surface area (Å²) in [5.74, 6) is 1.58. The lowest BCUT2D eigenvalue weighted by Crippen LogP contribution is -2.31. The zero-order valence-electron chi connectivity index (χ0n) is 11.4. The smallest absolute Gasteiger partial charge is 0.133 e. The van der Waals surface area contributed by atoms with Crippen molar-refractivity contribution in [3.8, 4) is 0 Å². The van der Waals surface area contributed by atoms with Crippen LogP contribution in [0, 0.1) is 13.8 Å². The fourth-order valence-corrected chi connectivity index (χ4v) is 2.61. The van der Waals surface area contributed by atoms with E-state index < -0.39 is 0 Å². The standard InChI is InChI=1S/C14H21ClN2O/c1-10-8-11(2)16-14(13(10)9-15)17(6-7-18-3)12-4-5-12/h8,12H,4-7,9H2,1-3H3. The van der Waals surface area contributed by atoms with Crippen molar-refractivity contribution < 1.29 is 4.74 Å². The summed E-state index contributed by atoms with van der Waals surface area (Å²) >= 11 is 6.09. The zero-order valence-corrected chi connectivity index (χ0v) is 12.1. The Labute approximate surface area is 114 Å². The van der Waals surface area contributed by atoms with Gasteiger partial charge < -0.3 is 9.64 Å². The molecule has 1 aliphatic rings. The molecule has 0 unspecified atom stereocenters. The molecule has 0 amide bonds. The third-order valence-electron chi connectivity index (χ3n) is 3.38. The van der Waals surface area contributed by atoms with E-state index in [1.807, 2.05) is 6.92 Å². The number of rotatable bonds is 6. The van der Waals surface area contributed by atoms with Crippen LogP contribution in [0.2, 0.25) is 0 Å². The number of halogens is 1. The van der Waals surface area contributed by atoms with Crippen molar-refractivity contribution in [3.63, 3.8) is 0 Å². The van der Waals surface area contributed by atoms with E-state index >= 15 is 0 Å². The molecule has 1 saturated carbocycles. The highest BCUT2D eigenvalue weighted by atomic mass is 35.5. The molecule has 2 rings (SSSR count). The average molecular weight is 269 g/mol. The first-order valence-corrected chi connectivity index (χ1v) is 6.99. The largest absolute Gasteiger partial charge is 0.383 e. The Morgan fingerprint density at radius 2 is 2.17 bits per heavy atom. The van der Waals surface area contributed by atoms with E-state index in [0.29, 0.717) is 11.9 Å². The van der Waals surface area contributed by atoms with Crippen molar-refractivity contribution in [3.05, 3.63) is 22.9 Å². The molecular formula is C14H21ClN2O. The minimum Gasteiger partial charge on any atom is -0.383 e. The Morgan fingerprint density at radius 1 is 1.44 bits per heavy atom. The third kappa shape index (κ3) is 2.96. The molecule has 1 fully saturated rings. The van der Waals surface area contributed by atoms with Crippen LogP contribution in [-0.2, 0) is 10.6 Å². The van der Waals surface area contributed by atoms with Crippen LogP contribution >= 0.6 is 11.6 Å². The van der Waals surface area contributed by atoms with Gasteiger partial charge in [0, 0.05) is 31.0 Å². The molecule has 0 radical (unpaired) electrons. The van der Waals surface area contributed by atoms with Crippen LogP contribution in [0.4, 0.5) is 5.82 Å². The molecule has 0 atom stereocenters. The fourth-order valence-electron chi connectivity index (χ4n) is 2.28. The van der Waals surface area contributed by atoms with Crippen LogP contribution < -0.4 is 4.90 Å². The molecule has 1 heterocycles. The molecule has 0 aliphatic heterocycles. The van der Waals surface area contributed by atoms with E-state index in [2.05, 4.69) is 17.9 Å². The van der Waals surface area contributed by atoms with Gasteiger partial charge in [0.05, 0.1) is 12.5 Å². The van der Waals surface area contributed by atoms with Gasteiger partial charge in [-0.15, -0.1) is 11.6 Å². The average Bonchev–Trinajstić information content (AvgIpc) is 3.13. The van der Waals surface area contributed by atoms with Crippen molar-refractivity contribution in [2.24, 2.45) is 0 Å². The first-order valence-electron chi connectivity index (χ1n) is 6.46. The lowest BCUT2D eigenvalue weighted by atomic mass is 10.1. The second-order valence-electron chi connectivity index (χ2n) is 4.93. The second kappa shape index (κ2) is 5.89. The number of aryl methyl sites for hydroxylation is 2. The topological polar surface area (TPSA) is 25.4 Å².